The van der Waals surface area contributed by atoms with Crippen molar-refractivity contribution in [1.29, 1.82) is 0 Å². The van der Waals surface area contributed by atoms with Gasteiger partial charge in [0, 0.05) is 5.92 Å². The normalized spacial score (nSPS) is 12.2. The van der Waals surface area contributed by atoms with E-state index < -0.39 is 0 Å². The molecule has 1 aromatic rings. The van der Waals surface area contributed by atoms with Gasteiger partial charge in [-0.15, -0.1) is 0 Å². The molecule has 1 atom stereocenters. The van der Waals surface area contributed by atoms with Gasteiger partial charge in [-0.3, -0.25) is 0 Å². The number of hydrogen-bond donors (Lipinski definition) is 0. The zero-order valence-electron chi connectivity index (χ0n) is 8.91. The van der Waals surface area contributed by atoms with Crippen molar-refractivity contribution < 1.29 is 9.53 Å². The second kappa shape index (κ2) is 4.80. The Hall–Kier alpha value is -1.31. The molecule has 0 spiro atoms. The molecule has 0 aliphatic carbocycles. The number of rotatable bonds is 4. The average Bonchev–Trinajstić information content (AvgIpc) is 2.27. The van der Waals surface area contributed by atoms with Crippen LogP contribution in [0.5, 0.6) is 5.75 Å². The molecule has 0 saturated heterocycles. The van der Waals surface area contributed by atoms with E-state index in [0.29, 0.717) is 0 Å². The summed E-state index contributed by atoms with van der Waals surface area (Å²) in [5, 5.41) is 0. The van der Waals surface area contributed by atoms with E-state index in [2.05, 4.69) is 6.92 Å². The lowest BCUT2D eigenvalue weighted by Crippen LogP contribution is -2.00. The Kier molecular flexibility index (Phi) is 3.69. The average molecular weight is 192 g/mol. The van der Waals surface area contributed by atoms with Gasteiger partial charge in [-0.1, -0.05) is 19.9 Å². The molecule has 0 radical (unpaired) electrons. The summed E-state index contributed by atoms with van der Waals surface area (Å²) in [4.78, 5) is 10.7. The fourth-order valence-corrected chi connectivity index (χ4v) is 1.52. The van der Waals surface area contributed by atoms with Crippen LogP contribution in [0.3, 0.4) is 0 Å². The molecule has 0 saturated carbocycles. The minimum Gasteiger partial charge on any atom is -0.497 e. The fraction of sp³-hybridized carbons (Fsp3) is 0.417. The van der Waals surface area contributed by atoms with E-state index in [1.165, 1.54) is 5.56 Å². The molecule has 0 aliphatic rings. The van der Waals surface area contributed by atoms with E-state index in [1.807, 2.05) is 25.1 Å². The second-order valence-electron chi connectivity index (χ2n) is 3.34. The van der Waals surface area contributed by atoms with Gasteiger partial charge in [-0.05, 0) is 29.7 Å². The lowest BCUT2D eigenvalue weighted by molar-refractivity contribution is -0.108. The van der Waals surface area contributed by atoms with Crippen molar-refractivity contribution in [3.63, 3.8) is 0 Å². The van der Waals surface area contributed by atoms with E-state index in [-0.39, 0.29) is 5.92 Å². The van der Waals surface area contributed by atoms with Gasteiger partial charge in [-0.2, -0.15) is 0 Å². The van der Waals surface area contributed by atoms with Crippen molar-refractivity contribution in [2.24, 2.45) is 0 Å². The first-order valence-electron chi connectivity index (χ1n) is 4.85. The van der Waals surface area contributed by atoms with Crippen molar-refractivity contribution in [3.8, 4) is 5.75 Å². The van der Waals surface area contributed by atoms with Crippen LogP contribution in [0.25, 0.3) is 0 Å². The van der Waals surface area contributed by atoms with E-state index in [4.69, 9.17) is 4.74 Å². The summed E-state index contributed by atoms with van der Waals surface area (Å²) in [5.74, 6) is 0.756. The maximum Gasteiger partial charge on any atom is 0.127 e. The predicted octanol–water partition coefficient (Wildman–Crippen LogP) is 2.56. The van der Waals surface area contributed by atoms with E-state index in [0.717, 1.165) is 24.0 Å². The molecule has 0 amide bonds. The van der Waals surface area contributed by atoms with Crippen LogP contribution in [0.1, 0.15) is 30.9 Å². The molecule has 0 aliphatic heterocycles. The van der Waals surface area contributed by atoms with Gasteiger partial charge in [0.05, 0.1) is 7.11 Å². The Morgan fingerprint density at radius 1 is 1.50 bits per heavy atom. The van der Waals surface area contributed by atoms with E-state index in [9.17, 15) is 4.79 Å². The highest BCUT2D eigenvalue weighted by molar-refractivity contribution is 5.63. The van der Waals surface area contributed by atoms with Crippen LogP contribution in [-0.4, -0.2) is 13.4 Å². The lowest BCUT2D eigenvalue weighted by Gasteiger charge is -2.12. The first-order valence-corrected chi connectivity index (χ1v) is 4.85. The first kappa shape index (κ1) is 10.8. The standard InChI is InChI=1S/C12H16O2/c1-4-10-5-6-11(14-3)7-12(10)9(2)8-13/h5-9H,4H2,1-3H3. The molecule has 0 fully saturated rings. The summed E-state index contributed by atoms with van der Waals surface area (Å²) in [6.07, 6.45) is 1.91. The Morgan fingerprint density at radius 3 is 2.71 bits per heavy atom. The van der Waals surface area contributed by atoms with Gasteiger partial charge < -0.3 is 9.53 Å². The molecule has 0 bridgehead atoms. The number of aryl methyl sites for hydroxylation is 1. The fourth-order valence-electron chi connectivity index (χ4n) is 1.52. The molecule has 14 heavy (non-hydrogen) atoms. The molecule has 0 N–H and O–H groups in total. The topological polar surface area (TPSA) is 26.3 Å². The monoisotopic (exact) mass is 192 g/mol. The van der Waals surface area contributed by atoms with Gasteiger partial charge in [-0.25, -0.2) is 0 Å². The SMILES string of the molecule is CCc1ccc(OC)cc1C(C)C=O. The van der Waals surface area contributed by atoms with E-state index >= 15 is 0 Å². The Bertz CT molecular complexity index is 318. The van der Waals surface area contributed by atoms with Crippen molar-refractivity contribution in [1.82, 2.24) is 0 Å². The summed E-state index contributed by atoms with van der Waals surface area (Å²) in [6, 6.07) is 5.89. The van der Waals surface area contributed by atoms with Gasteiger partial charge in [0.2, 0.25) is 0 Å². The quantitative estimate of drug-likeness (QED) is 0.685. The van der Waals surface area contributed by atoms with Crippen LogP contribution in [0.2, 0.25) is 0 Å². The van der Waals surface area contributed by atoms with Crippen LogP contribution >= 0.6 is 0 Å². The number of carbonyl (C=O) groups is 1. The third-order valence-electron chi connectivity index (χ3n) is 2.43. The highest BCUT2D eigenvalue weighted by Crippen LogP contribution is 2.24. The third kappa shape index (κ3) is 2.13. The highest BCUT2D eigenvalue weighted by Gasteiger charge is 2.09. The molecule has 1 rings (SSSR count). The Labute approximate surface area is 84.9 Å². The van der Waals surface area contributed by atoms with Crippen LogP contribution in [0.4, 0.5) is 0 Å². The van der Waals surface area contributed by atoms with Crippen molar-refractivity contribution in [2.45, 2.75) is 26.2 Å². The molecule has 2 nitrogen and oxygen atoms in total. The van der Waals surface area contributed by atoms with Crippen LogP contribution < -0.4 is 4.74 Å². The number of benzene rings is 1. The number of aldehydes is 1. The Morgan fingerprint density at radius 2 is 2.21 bits per heavy atom. The number of methoxy groups -OCH3 is 1. The molecule has 0 aromatic heterocycles. The van der Waals surface area contributed by atoms with Crippen LogP contribution in [-0.2, 0) is 11.2 Å². The summed E-state index contributed by atoms with van der Waals surface area (Å²) in [6.45, 7) is 3.99. The van der Waals surface area contributed by atoms with Crippen molar-refractivity contribution in [2.75, 3.05) is 7.11 Å². The molecule has 0 heterocycles. The summed E-state index contributed by atoms with van der Waals surface area (Å²) in [7, 11) is 1.64. The summed E-state index contributed by atoms with van der Waals surface area (Å²) < 4.78 is 5.13. The second-order valence-corrected chi connectivity index (χ2v) is 3.34. The number of carbonyl (C=O) groups excluding carboxylic acids is 1. The molecule has 76 valence electrons. The molecule has 1 aromatic carbocycles. The highest BCUT2D eigenvalue weighted by atomic mass is 16.5. The smallest absolute Gasteiger partial charge is 0.127 e. The van der Waals surface area contributed by atoms with Gasteiger partial charge in [0.15, 0.2) is 0 Å². The maximum absolute atomic E-state index is 10.7. The molecular formula is C12H16O2. The molecular weight excluding hydrogens is 176 g/mol. The van der Waals surface area contributed by atoms with Gasteiger partial charge >= 0.3 is 0 Å². The lowest BCUT2D eigenvalue weighted by atomic mass is 9.95. The predicted molar refractivity (Wildman–Crippen MR) is 56.9 cm³/mol. The van der Waals surface area contributed by atoms with Gasteiger partial charge in [0.1, 0.15) is 12.0 Å². The number of ether oxygens (including phenoxy) is 1. The zero-order valence-corrected chi connectivity index (χ0v) is 8.91. The minimum atomic E-state index is -0.0555. The Balaban J connectivity index is 3.14. The molecule has 1 unspecified atom stereocenters. The first-order chi connectivity index (χ1) is 6.72. The van der Waals surface area contributed by atoms with E-state index in [1.54, 1.807) is 7.11 Å². The number of hydrogen-bond acceptors (Lipinski definition) is 2. The largest absolute Gasteiger partial charge is 0.497 e. The van der Waals surface area contributed by atoms with Gasteiger partial charge in [0.25, 0.3) is 0 Å². The van der Waals surface area contributed by atoms with Crippen molar-refractivity contribution >= 4 is 6.29 Å². The molecule has 2 heteroatoms. The third-order valence-corrected chi connectivity index (χ3v) is 2.43. The zero-order chi connectivity index (χ0) is 10.6. The summed E-state index contributed by atoms with van der Waals surface area (Å²) in [5.41, 5.74) is 2.28. The van der Waals surface area contributed by atoms with Crippen molar-refractivity contribution in [3.05, 3.63) is 29.3 Å². The van der Waals surface area contributed by atoms with Crippen LogP contribution in [0.15, 0.2) is 18.2 Å². The summed E-state index contributed by atoms with van der Waals surface area (Å²) >= 11 is 0. The maximum atomic E-state index is 10.7. The minimum absolute atomic E-state index is 0.0555. The van der Waals surface area contributed by atoms with Crippen LogP contribution in [0, 0.1) is 0 Å².